The summed E-state index contributed by atoms with van der Waals surface area (Å²) in [6.45, 7) is 1.99. The number of anilines is 1. The number of rotatable bonds is 4. The molecule has 0 saturated heterocycles. The van der Waals surface area contributed by atoms with Crippen LogP contribution in [0.15, 0.2) is 12.1 Å². The van der Waals surface area contributed by atoms with Gasteiger partial charge in [0.1, 0.15) is 5.82 Å². The first-order chi connectivity index (χ1) is 9.01. The zero-order chi connectivity index (χ0) is 14.0. The summed E-state index contributed by atoms with van der Waals surface area (Å²) in [4.78, 5) is 4.91. The molecule has 0 aliphatic heterocycles. The third kappa shape index (κ3) is 3.07. The van der Waals surface area contributed by atoms with Gasteiger partial charge in [-0.05, 0) is 18.1 Å². The lowest BCUT2D eigenvalue weighted by Gasteiger charge is -2.04. The minimum Gasteiger partial charge on any atom is -0.375 e. The van der Waals surface area contributed by atoms with E-state index in [1.165, 1.54) is 11.3 Å². The van der Waals surface area contributed by atoms with Gasteiger partial charge in [-0.15, -0.1) is 11.3 Å². The fourth-order valence-electron chi connectivity index (χ4n) is 1.88. The van der Waals surface area contributed by atoms with Crippen LogP contribution < -0.4 is 5.73 Å². The summed E-state index contributed by atoms with van der Waals surface area (Å²) in [6.07, 6.45) is 1.68. The Morgan fingerprint density at radius 3 is 2.68 bits per heavy atom. The van der Waals surface area contributed by atoms with Gasteiger partial charge in [-0.1, -0.05) is 13.3 Å². The van der Waals surface area contributed by atoms with Crippen LogP contribution in [-0.4, -0.2) is 4.98 Å². The van der Waals surface area contributed by atoms with E-state index in [0.29, 0.717) is 17.6 Å². The second-order valence-corrected chi connectivity index (χ2v) is 5.32. The van der Waals surface area contributed by atoms with Gasteiger partial charge in [-0.25, -0.2) is 18.2 Å². The van der Waals surface area contributed by atoms with Gasteiger partial charge in [0.2, 0.25) is 0 Å². The lowest BCUT2D eigenvalue weighted by atomic mass is 10.1. The van der Waals surface area contributed by atoms with E-state index in [2.05, 4.69) is 4.98 Å². The molecule has 0 unspecified atom stereocenters. The Bertz CT molecular complexity index is 596. The average Bonchev–Trinajstić information content (AvgIpc) is 2.66. The Hall–Kier alpha value is -1.56. The van der Waals surface area contributed by atoms with Crippen molar-refractivity contribution in [2.75, 3.05) is 5.73 Å². The van der Waals surface area contributed by atoms with Crippen LogP contribution in [0.1, 0.15) is 29.5 Å². The van der Waals surface area contributed by atoms with Crippen LogP contribution in [0.5, 0.6) is 0 Å². The number of nitrogen functional groups attached to an aromatic ring is 1. The normalized spacial score (nSPS) is 10.9. The first-order valence-corrected chi connectivity index (χ1v) is 6.70. The molecule has 0 aliphatic carbocycles. The summed E-state index contributed by atoms with van der Waals surface area (Å²) >= 11 is 1.22. The number of benzene rings is 1. The smallest absolute Gasteiger partial charge is 0.180 e. The first kappa shape index (κ1) is 13.9. The van der Waals surface area contributed by atoms with Gasteiger partial charge in [-0.2, -0.15) is 0 Å². The molecule has 1 heterocycles. The molecule has 1 aromatic carbocycles. The summed E-state index contributed by atoms with van der Waals surface area (Å²) in [5.74, 6) is -2.98. The summed E-state index contributed by atoms with van der Waals surface area (Å²) in [7, 11) is 0. The molecule has 2 aromatic rings. The van der Waals surface area contributed by atoms with E-state index in [0.717, 1.165) is 23.1 Å². The highest BCUT2D eigenvalue weighted by atomic mass is 32.1. The first-order valence-electron chi connectivity index (χ1n) is 5.88. The van der Waals surface area contributed by atoms with Crippen molar-refractivity contribution in [2.24, 2.45) is 0 Å². The van der Waals surface area contributed by atoms with Crippen molar-refractivity contribution in [3.8, 4) is 0 Å². The minimum absolute atomic E-state index is 0.0153. The van der Waals surface area contributed by atoms with Gasteiger partial charge < -0.3 is 5.73 Å². The minimum atomic E-state index is -1.18. The molecule has 2 N–H and O–H groups in total. The maximum atomic E-state index is 13.6. The molecule has 0 bridgehead atoms. The highest BCUT2D eigenvalue weighted by Crippen LogP contribution is 2.26. The fraction of sp³-hybridized carbons (Fsp3) is 0.308. The Morgan fingerprint density at radius 2 is 2.00 bits per heavy atom. The van der Waals surface area contributed by atoms with E-state index in [4.69, 9.17) is 5.73 Å². The highest BCUT2D eigenvalue weighted by molar-refractivity contribution is 7.15. The summed E-state index contributed by atoms with van der Waals surface area (Å²) in [5, 5.41) is 0.385. The van der Waals surface area contributed by atoms with Crippen molar-refractivity contribution < 1.29 is 13.2 Å². The molecule has 2 rings (SSSR count). The monoisotopic (exact) mass is 286 g/mol. The fourth-order valence-corrected chi connectivity index (χ4v) is 2.79. The van der Waals surface area contributed by atoms with E-state index in [1.807, 2.05) is 6.92 Å². The molecular formula is C13H13F3N2S. The number of halogens is 3. The highest BCUT2D eigenvalue weighted by Gasteiger charge is 2.15. The molecule has 19 heavy (non-hydrogen) atoms. The van der Waals surface area contributed by atoms with Gasteiger partial charge in [0.15, 0.2) is 16.8 Å². The Balaban J connectivity index is 2.35. The van der Waals surface area contributed by atoms with Gasteiger partial charge in [-0.3, -0.25) is 0 Å². The van der Waals surface area contributed by atoms with Crippen LogP contribution in [0.25, 0.3) is 0 Å². The molecule has 0 saturated carbocycles. The third-order valence-electron chi connectivity index (χ3n) is 2.70. The predicted octanol–water partition coefficient (Wildman–Crippen LogP) is 3.69. The molecule has 2 nitrogen and oxygen atoms in total. The molecule has 6 heteroatoms. The lowest BCUT2D eigenvalue weighted by molar-refractivity contribution is 0.487. The van der Waals surface area contributed by atoms with Crippen LogP contribution in [0.3, 0.4) is 0 Å². The van der Waals surface area contributed by atoms with Crippen LogP contribution in [0.4, 0.5) is 18.3 Å². The van der Waals surface area contributed by atoms with Crippen LogP contribution in [0, 0.1) is 17.5 Å². The number of aromatic nitrogens is 1. The molecule has 0 atom stereocenters. The number of hydrogen-bond donors (Lipinski definition) is 1. The van der Waals surface area contributed by atoms with Crippen LogP contribution >= 0.6 is 11.3 Å². The van der Waals surface area contributed by atoms with E-state index in [1.54, 1.807) is 0 Å². The standard InChI is InChI=1S/C13H13F3N2S/c1-2-3-10-11(19-13(17)18-10)5-7-4-8(14)6-9(15)12(7)16/h4,6H,2-3,5H2,1H3,(H2,17,18). The molecule has 1 aromatic heterocycles. The van der Waals surface area contributed by atoms with Gasteiger partial charge in [0.25, 0.3) is 0 Å². The van der Waals surface area contributed by atoms with Crippen molar-refractivity contribution >= 4 is 16.5 Å². The van der Waals surface area contributed by atoms with Crippen molar-refractivity contribution in [2.45, 2.75) is 26.2 Å². The topological polar surface area (TPSA) is 38.9 Å². The van der Waals surface area contributed by atoms with Crippen molar-refractivity contribution in [3.63, 3.8) is 0 Å². The predicted molar refractivity (Wildman–Crippen MR) is 69.6 cm³/mol. The number of nitrogens with two attached hydrogens (primary N) is 1. The number of thiazole rings is 1. The van der Waals surface area contributed by atoms with E-state index in [9.17, 15) is 13.2 Å². The molecule has 102 valence electrons. The third-order valence-corrected chi connectivity index (χ3v) is 3.63. The second kappa shape index (κ2) is 5.61. The number of aryl methyl sites for hydroxylation is 1. The largest absolute Gasteiger partial charge is 0.375 e. The Labute approximate surface area is 113 Å². The lowest BCUT2D eigenvalue weighted by Crippen LogP contribution is -1.99. The van der Waals surface area contributed by atoms with Crippen molar-refractivity contribution in [1.29, 1.82) is 0 Å². The van der Waals surface area contributed by atoms with Crippen LogP contribution in [0.2, 0.25) is 0 Å². The Kier molecular flexibility index (Phi) is 4.09. The molecule has 0 amide bonds. The molecule has 0 radical (unpaired) electrons. The average molecular weight is 286 g/mol. The quantitative estimate of drug-likeness (QED) is 0.871. The summed E-state index contributed by atoms with van der Waals surface area (Å²) < 4.78 is 39.9. The van der Waals surface area contributed by atoms with Crippen molar-refractivity contribution in [3.05, 3.63) is 45.7 Å². The SMILES string of the molecule is CCCc1nc(N)sc1Cc1cc(F)cc(F)c1F. The molecule has 0 spiro atoms. The number of nitrogens with zero attached hydrogens (tertiary/aromatic N) is 1. The van der Waals surface area contributed by atoms with Crippen molar-refractivity contribution in [1.82, 2.24) is 4.98 Å². The summed E-state index contributed by atoms with van der Waals surface area (Å²) in [6, 6.07) is 1.54. The van der Waals surface area contributed by atoms with E-state index < -0.39 is 17.5 Å². The van der Waals surface area contributed by atoms with Gasteiger partial charge >= 0.3 is 0 Å². The second-order valence-electron chi connectivity index (χ2n) is 4.21. The maximum Gasteiger partial charge on any atom is 0.180 e. The van der Waals surface area contributed by atoms with Gasteiger partial charge in [0.05, 0.1) is 5.69 Å². The molecule has 0 fully saturated rings. The maximum absolute atomic E-state index is 13.6. The zero-order valence-electron chi connectivity index (χ0n) is 10.3. The zero-order valence-corrected chi connectivity index (χ0v) is 11.2. The summed E-state index contributed by atoms with van der Waals surface area (Å²) in [5.41, 5.74) is 6.38. The molecule has 0 aliphatic rings. The van der Waals surface area contributed by atoms with Gasteiger partial charge in [0, 0.05) is 17.4 Å². The Morgan fingerprint density at radius 1 is 1.26 bits per heavy atom. The van der Waals surface area contributed by atoms with E-state index in [-0.39, 0.29) is 12.0 Å². The van der Waals surface area contributed by atoms with Crippen LogP contribution in [-0.2, 0) is 12.8 Å². The molecular weight excluding hydrogens is 273 g/mol. The van der Waals surface area contributed by atoms with E-state index >= 15 is 0 Å². The number of hydrogen-bond acceptors (Lipinski definition) is 3.